The van der Waals surface area contributed by atoms with Crippen molar-refractivity contribution in [1.82, 2.24) is 0 Å². The van der Waals surface area contributed by atoms with Gasteiger partial charge in [-0.05, 0) is 23.3 Å². The summed E-state index contributed by atoms with van der Waals surface area (Å²) in [6.45, 7) is 0. The van der Waals surface area contributed by atoms with Gasteiger partial charge in [0.05, 0.1) is 0 Å². The van der Waals surface area contributed by atoms with Crippen LogP contribution in [-0.4, -0.2) is 0 Å². The van der Waals surface area contributed by atoms with E-state index < -0.39 is 0 Å². The monoisotopic (exact) mass is 182 g/mol. The average Bonchev–Trinajstić information content (AvgIpc) is 2.44. The lowest BCUT2D eigenvalue weighted by Crippen LogP contribution is -1.90. The Morgan fingerprint density at radius 2 is 1.21 bits per heavy atom. The molecule has 1 nitrogen and oxygen atoms in total. The van der Waals surface area contributed by atoms with Crippen molar-refractivity contribution in [2.75, 3.05) is 0 Å². The third-order valence-corrected chi connectivity index (χ3v) is 2.05. The van der Waals surface area contributed by atoms with Gasteiger partial charge in [-0.3, -0.25) is 4.79 Å². The predicted molar refractivity (Wildman–Crippen MR) is 58.1 cm³/mol. The summed E-state index contributed by atoms with van der Waals surface area (Å²) in [5.41, 5.74) is 2.07. The highest BCUT2D eigenvalue weighted by atomic mass is 16.1. The molecule has 68 valence electrons. The zero-order valence-corrected chi connectivity index (χ0v) is 7.68. The molecule has 0 atom stereocenters. The Hall–Kier alpha value is -1.89. The topological polar surface area (TPSA) is 17.1 Å². The summed E-state index contributed by atoms with van der Waals surface area (Å²) in [6.07, 6.45) is 0. The summed E-state index contributed by atoms with van der Waals surface area (Å²) in [4.78, 5) is 11.3. The van der Waals surface area contributed by atoms with Gasteiger partial charge in [0.1, 0.15) is 0 Å². The number of hydrogen-bond acceptors (Lipinski definition) is 1. The van der Waals surface area contributed by atoms with Gasteiger partial charge in [0.25, 0.3) is 0 Å². The van der Waals surface area contributed by atoms with Crippen LogP contribution in [-0.2, 0) is 0 Å². The van der Waals surface area contributed by atoms with Gasteiger partial charge < -0.3 is 0 Å². The normalized spacial score (nSPS) is 9.71. The third-order valence-electron chi connectivity index (χ3n) is 2.05. The van der Waals surface area contributed by atoms with Crippen LogP contribution in [0.1, 0.15) is 0 Å². The van der Waals surface area contributed by atoms with E-state index in [1.54, 1.807) is 18.2 Å². The second kappa shape index (κ2) is 3.88. The number of rotatable bonds is 1. The highest BCUT2D eigenvalue weighted by Gasteiger charge is 1.93. The molecule has 0 saturated heterocycles. The Balaban J connectivity index is 2.59. The molecule has 0 amide bonds. The SMILES string of the molecule is O=c1ccccc(-c2ccccc2)c1. The molecule has 0 fully saturated rings. The van der Waals surface area contributed by atoms with Crippen LogP contribution in [0.3, 0.4) is 0 Å². The maximum Gasteiger partial charge on any atom is 0.179 e. The molecule has 0 radical (unpaired) electrons. The molecule has 0 aliphatic heterocycles. The van der Waals surface area contributed by atoms with Crippen molar-refractivity contribution in [3.8, 4) is 11.1 Å². The summed E-state index contributed by atoms with van der Waals surface area (Å²) in [7, 11) is 0. The molecular formula is C13H10O. The van der Waals surface area contributed by atoms with E-state index in [0.717, 1.165) is 11.1 Å². The van der Waals surface area contributed by atoms with Gasteiger partial charge in [-0.2, -0.15) is 0 Å². The fourth-order valence-corrected chi connectivity index (χ4v) is 1.37. The standard InChI is InChI=1S/C13H10O/c14-13-9-5-4-8-12(10-13)11-6-2-1-3-7-11/h1-10H. The van der Waals surface area contributed by atoms with Crippen LogP contribution in [0.4, 0.5) is 0 Å². The minimum absolute atomic E-state index is 0.0360. The van der Waals surface area contributed by atoms with Crippen LogP contribution in [0.2, 0.25) is 0 Å². The van der Waals surface area contributed by atoms with E-state index in [-0.39, 0.29) is 5.43 Å². The minimum Gasteiger partial charge on any atom is -0.290 e. The molecule has 0 bridgehead atoms. The first-order chi connectivity index (χ1) is 6.86. The highest BCUT2D eigenvalue weighted by Crippen LogP contribution is 2.15. The van der Waals surface area contributed by atoms with E-state index >= 15 is 0 Å². The van der Waals surface area contributed by atoms with Gasteiger partial charge in [0.15, 0.2) is 5.43 Å². The van der Waals surface area contributed by atoms with Crippen LogP contribution in [0.15, 0.2) is 65.5 Å². The quantitative estimate of drug-likeness (QED) is 0.662. The Morgan fingerprint density at radius 3 is 2.00 bits per heavy atom. The largest absolute Gasteiger partial charge is 0.290 e. The zero-order valence-electron chi connectivity index (χ0n) is 7.68. The molecule has 0 aliphatic rings. The molecule has 0 N–H and O–H groups in total. The molecule has 14 heavy (non-hydrogen) atoms. The van der Waals surface area contributed by atoms with Crippen LogP contribution in [0, 0.1) is 0 Å². The van der Waals surface area contributed by atoms with Crippen molar-refractivity contribution >= 4 is 0 Å². The molecule has 0 spiro atoms. The Morgan fingerprint density at radius 1 is 0.643 bits per heavy atom. The Labute approximate surface area is 82.7 Å². The lowest BCUT2D eigenvalue weighted by atomic mass is 10.1. The summed E-state index contributed by atoms with van der Waals surface area (Å²) >= 11 is 0. The molecule has 0 saturated carbocycles. The van der Waals surface area contributed by atoms with Gasteiger partial charge in [0.2, 0.25) is 0 Å². The summed E-state index contributed by atoms with van der Waals surface area (Å²) in [6, 6.07) is 18.7. The summed E-state index contributed by atoms with van der Waals surface area (Å²) < 4.78 is 0. The van der Waals surface area contributed by atoms with Crippen LogP contribution in [0.5, 0.6) is 0 Å². The fraction of sp³-hybridized carbons (Fsp3) is 0. The van der Waals surface area contributed by atoms with Crippen molar-refractivity contribution in [1.29, 1.82) is 0 Å². The van der Waals surface area contributed by atoms with Crippen LogP contribution < -0.4 is 5.43 Å². The first kappa shape index (κ1) is 8.70. The van der Waals surface area contributed by atoms with Gasteiger partial charge in [-0.15, -0.1) is 0 Å². The van der Waals surface area contributed by atoms with E-state index in [2.05, 4.69) is 0 Å². The van der Waals surface area contributed by atoms with Gasteiger partial charge >= 0.3 is 0 Å². The Bertz CT molecular complexity index is 474. The summed E-state index contributed by atoms with van der Waals surface area (Å²) in [5, 5.41) is 0. The first-order valence-electron chi connectivity index (χ1n) is 4.52. The molecule has 2 aromatic rings. The molecule has 1 heteroatoms. The number of hydrogen-bond donors (Lipinski definition) is 0. The van der Waals surface area contributed by atoms with Gasteiger partial charge in [-0.1, -0.05) is 48.5 Å². The van der Waals surface area contributed by atoms with E-state index in [1.165, 1.54) is 0 Å². The van der Waals surface area contributed by atoms with E-state index in [9.17, 15) is 4.79 Å². The van der Waals surface area contributed by atoms with E-state index in [0.29, 0.717) is 0 Å². The maximum atomic E-state index is 11.3. The lowest BCUT2D eigenvalue weighted by molar-refractivity contribution is 1.62. The van der Waals surface area contributed by atoms with Crippen LogP contribution >= 0.6 is 0 Å². The van der Waals surface area contributed by atoms with E-state index in [4.69, 9.17) is 0 Å². The second-order valence-corrected chi connectivity index (χ2v) is 3.09. The predicted octanol–water partition coefficient (Wildman–Crippen LogP) is 2.71. The Kier molecular flexibility index (Phi) is 2.41. The molecule has 0 heterocycles. The van der Waals surface area contributed by atoms with Crippen molar-refractivity contribution < 1.29 is 0 Å². The smallest absolute Gasteiger partial charge is 0.179 e. The van der Waals surface area contributed by atoms with Gasteiger partial charge in [0, 0.05) is 0 Å². The lowest BCUT2D eigenvalue weighted by Gasteiger charge is -1.95. The van der Waals surface area contributed by atoms with Crippen LogP contribution in [0.25, 0.3) is 11.1 Å². The van der Waals surface area contributed by atoms with Gasteiger partial charge in [-0.25, -0.2) is 0 Å². The molecule has 0 unspecified atom stereocenters. The van der Waals surface area contributed by atoms with Crippen molar-refractivity contribution in [3.63, 3.8) is 0 Å². The molecule has 2 rings (SSSR count). The van der Waals surface area contributed by atoms with Crippen molar-refractivity contribution in [2.45, 2.75) is 0 Å². The summed E-state index contributed by atoms with van der Waals surface area (Å²) in [5.74, 6) is 0. The maximum absolute atomic E-state index is 11.3. The van der Waals surface area contributed by atoms with Crippen molar-refractivity contribution in [2.24, 2.45) is 0 Å². The fourth-order valence-electron chi connectivity index (χ4n) is 1.37. The molecule has 0 aromatic heterocycles. The molecular weight excluding hydrogens is 172 g/mol. The van der Waals surface area contributed by atoms with E-state index in [1.807, 2.05) is 42.5 Å². The number of benzene rings is 1. The zero-order chi connectivity index (χ0) is 9.80. The third kappa shape index (κ3) is 1.88. The minimum atomic E-state index is 0.0360. The molecule has 0 aliphatic carbocycles. The first-order valence-corrected chi connectivity index (χ1v) is 4.52. The van der Waals surface area contributed by atoms with Crippen molar-refractivity contribution in [3.05, 3.63) is 70.9 Å². The second-order valence-electron chi connectivity index (χ2n) is 3.09. The molecule has 2 aromatic carbocycles. The average molecular weight is 182 g/mol. The highest BCUT2D eigenvalue weighted by molar-refractivity contribution is 5.62.